The van der Waals surface area contributed by atoms with Crippen LogP contribution in [0.1, 0.15) is 17.0 Å². The summed E-state index contributed by atoms with van der Waals surface area (Å²) in [7, 11) is 0. The maximum absolute atomic E-state index is 9.22. The molecule has 0 radical (unpaired) electrons. The van der Waals surface area contributed by atoms with Gasteiger partial charge >= 0.3 is 0 Å². The Morgan fingerprint density at radius 2 is 1.63 bits per heavy atom. The van der Waals surface area contributed by atoms with E-state index in [-0.39, 0.29) is 6.61 Å². The predicted molar refractivity (Wildman–Crippen MR) is 105 cm³/mol. The van der Waals surface area contributed by atoms with Crippen molar-refractivity contribution < 1.29 is 5.11 Å². The van der Waals surface area contributed by atoms with Gasteiger partial charge in [0.2, 0.25) is 0 Å². The maximum atomic E-state index is 9.22. The van der Waals surface area contributed by atoms with Crippen LogP contribution in [-0.4, -0.2) is 24.9 Å². The van der Waals surface area contributed by atoms with Crippen molar-refractivity contribution in [1.82, 2.24) is 19.7 Å². The SMILES string of the molecule is Cc1nnc(-c2cc(-c3ccc(CO)cc3)ccn2)n1Cc1ccccc1. The molecule has 0 fully saturated rings. The Hall–Kier alpha value is -3.31. The first-order valence-corrected chi connectivity index (χ1v) is 8.85. The molecule has 0 aliphatic carbocycles. The molecule has 5 heteroatoms. The van der Waals surface area contributed by atoms with Crippen molar-refractivity contribution in [3.63, 3.8) is 0 Å². The number of aromatic nitrogens is 4. The number of hydrogen-bond acceptors (Lipinski definition) is 4. The third-order valence-electron chi connectivity index (χ3n) is 4.58. The molecule has 0 amide bonds. The van der Waals surface area contributed by atoms with E-state index in [1.807, 2.05) is 61.5 Å². The van der Waals surface area contributed by atoms with Gasteiger partial charge in [-0.25, -0.2) is 0 Å². The van der Waals surface area contributed by atoms with Crippen molar-refractivity contribution in [1.29, 1.82) is 0 Å². The standard InChI is InChI=1S/C22H20N4O/c1-16-24-25-22(26(16)14-17-5-3-2-4-6-17)21-13-20(11-12-23-21)19-9-7-18(15-27)8-10-19/h2-13,27H,14-15H2,1H3. The summed E-state index contributed by atoms with van der Waals surface area (Å²) in [5.41, 5.74) is 5.00. The van der Waals surface area contributed by atoms with Crippen molar-refractivity contribution in [2.45, 2.75) is 20.1 Å². The summed E-state index contributed by atoms with van der Waals surface area (Å²) < 4.78 is 2.08. The Morgan fingerprint density at radius 1 is 0.852 bits per heavy atom. The van der Waals surface area contributed by atoms with Crippen LogP contribution < -0.4 is 0 Å². The van der Waals surface area contributed by atoms with Crippen molar-refractivity contribution >= 4 is 0 Å². The molecule has 4 aromatic rings. The average molecular weight is 356 g/mol. The number of benzene rings is 2. The molecule has 5 nitrogen and oxygen atoms in total. The summed E-state index contributed by atoms with van der Waals surface area (Å²) in [6.45, 7) is 2.70. The van der Waals surface area contributed by atoms with Crippen molar-refractivity contribution in [3.8, 4) is 22.6 Å². The molecule has 1 N–H and O–H groups in total. The zero-order valence-electron chi connectivity index (χ0n) is 15.1. The van der Waals surface area contributed by atoms with Gasteiger partial charge in [-0.05, 0) is 41.3 Å². The Balaban J connectivity index is 1.70. The maximum Gasteiger partial charge on any atom is 0.182 e. The molecule has 0 aliphatic heterocycles. The zero-order valence-corrected chi connectivity index (χ0v) is 15.1. The lowest BCUT2D eigenvalue weighted by Gasteiger charge is -2.10. The molecule has 0 saturated carbocycles. The molecular weight excluding hydrogens is 336 g/mol. The molecule has 0 atom stereocenters. The Labute approximate surface area is 158 Å². The van der Waals surface area contributed by atoms with Crippen LogP contribution in [0.25, 0.3) is 22.6 Å². The van der Waals surface area contributed by atoms with E-state index in [0.717, 1.165) is 34.0 Å². The molecule has 2 aromatic heterocycles. The first-order chi connectivity index (χ1) is 13.2. The molecule has 2 aromatic carbocycles. The number of aliphatic hydroxyl groups is 1. The number of pyridine rings is 1. The second-order valence-corrected chi connectivity index (χ2v) is 6.43. The lowest BCUT2D eigenvalue weighted by atomic mass is 10.0. The third kappa shape index (κ3) is 3.64. The van der Waals surface area contributed by atoms with Crippen LogP contribution in [0.15, 0.2) is 72.9 Å². The van der Waals surface area contributed by atoms with E-state index in [1.54, 1.807) is 6.20 Å². The van der Waals surface area contributed by atoms with Crippen LogP contribution in [0, 0.1) is 6.92 Å². The summed E-state index contributed by atoms with van der Waals surface area (Å²) in [6, 6.07) is 22.1. The normalized spacial score (nSPS) is 10.9. The Kier molecular flexibility index (Phi) is 4.77. The fourth-order valence-corrected chi connectivity index (χ4v) is 3.06. The van der Waals surface area contributed by atoms with E-state index in [0.29, 0.717) is 6.54 Å². The number of rotatable bonds is 5. The first kappa shape index (κ1) is 17.1. The monoisotopic (exact) mass is 356 g/mol. The second kappa shape index (κ2) is 7.51. The number of aryl methyl sites for hydroxylation is 1. The highest BCUT2D eigenvalue weighted by molar-refractivity contribution is 5.68. The predicted octanol–water partition coefficient (Wildman–Crippen LogP) is 3.86. The largest absolute Gasteiger partial charge is 0.392 e. The van der Waals surface area contributed by atoms with Gasteiger partial charge in [0.05, 0.1) is 13.2 Å². The van der Waals surface area contributed by atoms with Crippen LogP contribution in [0.3, 0.4) is 0 Å². The summed E-state index contributed by atoms with van der Waals surface area (Å²) in [5, 5.41) is 17.8. The highest BCUT2D eigenvalue weighted by Gasteiger charge is 2.13. The van der Waals surface area contributed by atoms with Gasteiger partial charge in [-0.2, -0.15) is 0 Å². The van der Waals surface area contributed by atoms with Gasteiger partial charge in [0.15, 0.2) is 5.82 Å². The second-order valence-electron chi connectivity index (χ2n) is 6.43. The smallest absolute Gasteiger partial charge is 0.182 e. The van der Waals surface area contributed by atoms with Crippen molar-refractivity contribution in [3.05, 3.63) is 89.9 Å². The number of aliphatic hydroxyl groups excluding tert-OH is 1. The van der Waals surface area contributed by atoms with Gasteiger partial charge in [-0.3, -0.25) is 4.98 Å². The molecule has 0 aliphatic rings. The van der Waals surface area contributed by atoms with Crippen LogP contribution in [0.2, 0.25) is 0 Å². The van der Waals surface area contributed by atoms with Gasteiger partial charge in [0.1, 0.15) is 11.5 Å². The molecule has 134 valence electrons. The highest BCUT2D eigenvalue weighted by atomic mass is 16.3. The minimum atomic E-state index is 0.0454. The Morgan fingerprint density at radius 3 is 2.37 bits per heavy atom. The van der Waals surface area contributed by atoms with Crippen molar-refractivity contribution in [2.75, 3.05) is 0 Å². The molecule has 27 heavy (non-hydrogen) atoms. The van der Waals surface area contributed by atoms with Crippen LogP contribution in [-0.2, 0) is 13.2 Å². The fourth-order valence-electron chi connectivity index (χ4n) is 3.06. The third-order valence-corrected chi connectivity index (χ3v) is 4.58. The number of nitrogens with zero attached hydrogens (tertiary/aromatic N) is 4. The van der Waals surface area contributed by atoms with Gasteiger partial charge in [-0.15, -0.1) is 10.2 Å². The summed E-state index contributed by atoms with van der Waals surface area (Å²) in [6.07, 6.45) is 1.79. The number of hydrogen-bond donors (Lipinski definition) is 1. The fraction of sp³-hybridized carbons (Fsp3) is 0.136. The molecule has 0 bridgehead atoms. The molecule has 0 spiro atoms. The van der Waals surface area contributed by atoms with E-state index in [1.165, 1.54) is 5.56 Å². The van der Waals surface area contributed by atoms with Gasteiger partial charge in [-0.1, -0.05) is 54.6 Å². The average Bonchev–Trinajstić information content (AvgIpc) is 3.09. The van der Waals surface area contributed by atoms with Crippen LogP contribution >= 0.6 is 0 Å². The molecule has 4 rings (SSSR count). The molecular formula is C22H20N4O. The van der Waals surface area contributed by atoms with Crippen LogP contribution in [0.4, 0.5) is 0 Å². The summed E-state index contributed by atoms with van der Waals surface area (Å²) in [4.78, 5) is 4.52. The van der Waals surface area contributed by atoms with Crippen LogP contribution in [0.5, 0.6) is 0 Å². The topological polar surface area (TPSA) is 63.8 Å². The molecule has 0 saturated heterocycles. The Bertz CT molecular complexity index is 1040. The van der Waals surface area contributed by atoms with E-state index >= 15 is 0 Å². The van der Waals surface area contributed by atoms with E-state index in [9.17, 15) is 5.11 Å². The minimum Gasteiger partial charge on any atom is -0.392 e. The summed E-state index contributed by atoms with van der Waals surface area (Å²) in [5.74, 6) is 1.61. The molecule has 2 heterocycles. The van der Waals surface area contributed by atoms with E-state index < -0.39 is 0 Å². The van der Waals surface area contributed by atoms with E-state index in [2.05, 4.69) is 31.9 Å². The lowest BCUT2D eigenvalue weighted by molar-refractivity contribution is 0.282. The van der Waals surface area contributed by atoms with Crippen molar-refractivity contribution in [2.24, 2.45) is 0 Å². The van der Waals surface area contributed by atoms with E-state index in [4.69, 9.17) is 0 Å². The quantitative estimate of drug-likeness (QED) is 0.590. The van der Waals surface area contributed by atoms with Gasteiger partial charge in [0, 0.05) is 6.20 Å². The first-order valence-electron chi connectivity index (χ1n) is 8.85. The highest BCUT2D eigenvalue weighted by Crippen LogP contribution is 2.25. The van der Waals surface area contributed by atoms with Gasteiger partial charge in [0.25, 0.3) is 0 Å². The molecule has 0 unspecified atom stereocenters. The summed E-state index contributed by atoms with van der Waals surface area (Å²) >= 11 is 0. The minimum absolute atomic E-state index is 0.0454. The zero-order chi connectivity index (χ0) is 18.6. The lowest BCUT2D eigenvalue weighted by Crippen LogP contribution is -2.05. The van der Waals surface area contributed by atoms with Gasteiger partial charge < -0.3 is 9.67 Å².